The predicted molar refractivity (Wildman–Crippen MR) is 120 cm³/mol. The Morgan fingerprint density at radius 3 is 2.23 bits per heavy atom. The van der Waals surface area contributed by atoms with Crippen LogP contribution < -0.4 is 4.74 Å². The molecule has 3 heteroatoms. The van der Waals surface area contributed by atoms with Crippen molar-refractivity contribution < 1.29 is 14.9 Å². The zero-order chi connectivity index (χ0) is 21.7. The van der Waals surface area contributed by atoms with E-state index in [0.29, 0.717) is 23.5 Å². The molecule has 3 aliphatic carbocycles. The number of rotatable bonds is 0. The highest BCUT2D eigenvalue weighted by Crippen LogP contribution is 2.70. The summed E-state index contributed by atoms with van der Waals surface area (Å²) in [5.41, 5.74) is 2.61. The van der Waals surface area contributed by atoms with Crippen molar-refractivity contribution in [3.63, 3.8) is 0 Å². The quantitative estimate of drug-likeness (QED) is 0.547. The van der Waals surface area contributed by atoms with Crippen molar-refractivity contribution in [1.29, 1.82) is 0 Å². The Kier molecular flexibility index (Phi) is 4.26. The summed E-state index contributed by atoms with van der Waals surface area (Å²) >= 11 is 0. The highest BCUT2D eigenvalue weighted by Gasteiger charge is 2.66. The van der Waals surface area contributed by atoms with Crippen LogP contribution >= 0.6 is 0 Å². The molecule has 166 valence electrons. The summed E-state index contributed by atoms with van der Waals surface area (Å²) in [6.07, 6.45) is 7.63. The van der Waals surface area contributed by atoms with Gasteiger partial charge in [0.05, 0.1) is 6.10 Å². The van der Waals surface area contributed by atoms with Gasteiger partial charge in [-0.1, -0.05) is 27.7 Å². The molecular formula is C27H40O3. The molecule has 2 N–H and O–H groups in total. The molecule has 1 heterocycles. The SMILES string of the molecule is Cc1cc(O)cc2c1O[C@@]1(C)CC[C@H]3[C@@](C)(CCC4C(C)(C)[C@@H](O)CC[C@@]43C)[C@H]1C2. The molecule has 3 saturated carbocycles. The van der Waals surface area contributed by atoms with Crippen LogP contribution in [-0.4, -0.2) is 21.9 Å². The van der Waals surface area contributed by atoms with Gasteiger partial charge in [-0.2, -0.15) is 0 Å². The molecule has 30 heavy (non-hydrogen) atoms. The van der Waals surface area contributed by atoms with Gasteiger partial charge in [0, 0.05) is 5.92 Å². The van der Waals surface area contributed by atoms with Crippen LogP contribution in [0.3, 0.4) is 0 Å². The molecule has 4 aliphatic rings. The second-order valence-corrected chi connectivity index (χ2v) is 12.5. The lowest BCUT2D eigenvalue weighted by atomic mass is 9.37. The first kappa shape index (κ1) is 20.7. The summed E-state index contributed by atoms with van der Waals surface area (Å²) in [7, 11) is 0. The van der Waals surface area contributed by atoms with E-state index in [-0.39, 0.29) is 27.9 Å². The van der Waals surface area contributed by atoms with Crippen LogP contribution in [0.2, 0.25) is 0 Å². The maximum atomic E-state index is 10.8. The number of ether oxygens (including phenoxy) is 1. The van der Waals surface area contributed by atoms with Crippen LogP contribution in [0.1, 0.15) is 84.3 Å². The number of aliphatic hydroxyl groups is 1. The van der Waals surface area contributed by atoms with Gasteiger partial charge in [-0.15, -0.1) is 0 Å². The Morgan fingerprint density at radius 1 is 0.867 bits per heavy atom. The second-order valence-electron chi connectivity index (χ2n) is 12.5. The largest absolute Gasteiger partial charge is 0.508 e. The normalized spacial score (nSPS) is 46.6. The number of aryl methyl sites for hydroxylation is 1. The van der Waals surface area contributed by atoms with E-state index in [4.69, 9.17) is 4.74 Å². The van der Waals surface area contributed by atoms with E-state index in [1.165, 1.54) is 24.8 Å². The third kappa shape index (κ3) is 2.54. The Morgan fingerprint density at radius 2 is 1.50 bits per heavy atom. The van der Waals surface area contributed by atoms with Gasteiger partial charge in [-0.05, 0) is 110 Å². The van der Waals surface area contributed by atoms with Gasteiger partial charge in [-0.3, -0.25) is 0 Å². The van der Waals surface area contributed by atoms with Gasteiger partial charge in [0.2, 0.25) is 0 Å². The number of hydrogen-bond acceptors (Lipinski definition) is 3. The topological polar surface area (TPSA) is 49.7 Å². The number of phenolic OH excluding ortho intramolecular Hbond substituents is 1. The number of aromatic hydroxyl groups is 1. The van der Waals surface area contributed by atoms with E-state index in [1.54, 1.807) is 0 Å². The first-order valence-electron chi connectivity index (χ1n) is 12.1. The van der Waals surface area contributed by atoms with Gasteiger partial charge in [0.1, 0.15) is 17.1 Å². The Bertz CT molecular complexity index is 875. The number of phenols is 1. The van der Waals surface area contributed by atoms with E-state index in [0.717, 1.165) is 37.0 Å². The van der Waals surface area contributed by atoms with Crippen LogP contribution in [0.5, 0.6) is 11.5 Å². The molecule has 5 rings (SSSR count). The van der Waals surface area contributed by atoms with E-state index in [1.807, 2.05) is 12.1 Å². The van der Waals surface area contributed by atoms with Crippen LogP contribution in [0.15, 0.2) is 12.1 Å². The first-order valence-corrected chi connectivity index (χ1v) is 12.1. The van der Waals surface area contributed by atoms with Crippen LogP contribution in [-0.2, 0) is 6.42 Å². The minimum atomic E-state index is -0.176. The van der Waals surface area contributed by atoms with Crippen LogP contribution in [0.25, 0.3) is 0 Å². The van der Waals surface area contributed by atoms with Crippen LogP contribution in [0, 0.1) is 40.9 Å². The van der Waals surface area contributed by atoms with Crippen molar-refractivity contribution >= 4 is 0 Å². The predicted octanol–water partition coefficient (Wildman–Crippen LogP) is 6.02. The molecule has 0 saturated heterocycles. The second kappa shape index (κ2) is 6.18. The Hall–Kier alpha value is -1.22. The van der Waals surface area contributed by atoms with Crippen molar-refractivity contribution in [3.8, 4) is 11.5 Å². The number of aliphatic hydroxyl groups excluding tert-OH is 1. The maximum Gasteiger partial charge on any atom is 0.126 e. The smallest absolute Gasteiger partial charge is 0.126 e. The Labute approximate surface area is 182 Å². The number of benzene rings is 1. The average Bonchev–Trinajstić information content (AvgIpc) is 2.64. The number of hydrogen-bond donors (Lipinski definition) is 2. The van der Waals surface area contributed by atoms with Crippen molar-refractivity contribution in [2.75, 3.05) is 0 Å². The molecular weight excluding hydrogens is 372 g/mol. The molecule has 3 nitrogen and oxygen atoms in total. The van der Waals surface area contributed by atoms with Crippen molar-refractivity contribution in [1.82, 2.24) is 0 Å². The summed E-state index contributed by atoms with van der Waals surface area (Å²) in [6.45, 7) is 14.1. The molecule has 3 fully saturated rings. The molecule has 0 spiro atoms. The molecule has 0 amide bonds. The number of fused-ring (bicyclic) bond motifs is 6. The third-order valence-electron chi connectivity index (χ3n) is 10.6. The van der Waals surface area contributed by atoms with Crippen molar-refractivity contribution in [2.24, 2.45) is 34.0 Å². The van der Waals surface area contributed by atoms with Gasteiger partial charge in [0.25, 0.3) is 0 Å². The highest BCUT2D eigenvalue weighted by atomic mass is 16.5. The van der Waals surface area contributed by atoms with E-state index >= 15 is 0 Å². The summed E-state index contributed by atoms with van der Waals surface area (Å²) in [4.78, 5) is 0. The summed E-state index contributed by atoms with van der Waals surface area (Å²) in [5, 5.41) is 21.0. The van der Waals surface area contributed by atoms with E-state index in [2.05, 4.69) is 41.5 Å². The molecule has 0 bridgehead atoms. The van der Waals surface area contributed by atoms with Gasteiger partial charge in [-0.25, -0.2) is 0 Å². The standard InChI is InChI=1S/C27H40O3/c1-16-13-18(28)14-17-15-21-26(5)10-7-19-24(2,3)22(29)9-11-25(19,4)20(26)8-12-27(21,6)30-23(16)17/h13-14,19-22,28-29H,7-12,15H2,1-6H3/t19?,20-,21-,22+,25+,26-,27+/m1/s1. The summed E-state index contributed by atoms with van der Waals surface area (Å²) in [5.74, 6) is 3.08. The fourth-order valence-electron chi connectivity index (χ4n) is 9.11. The zero-order valence-electron chi connectivity index (χ0n) is 19.7. The molecule has 1 aromatic rings. The summed E-state index contributed by atoms with van der Waals surface area (Å²) in [6, 6.07) is 3.76. The van der Waals surface area contributed by atoms with Gasteiger partial charge in [0.15, 0.2) is 0 Å². The lowest BCUT2D eigenvalue weighted by molar-refractivity contribution is -0.223. The van der Waals surface area contributed by atoms with Gasteiger partial charge < -0.3 is 14.9 Å². The fourth-order valence-corrected chi connectivity index (χ4v) is 9.11. The molecule has 1 aliphatic heterocycles. The first-order chi connectivity index (χ1) is 13.9. The van der Waals surface area contributed by atoms with Crippen molar-refractivity contribution in [2.45, 2.75) is 98.2 Å². The zero-order valence-corrected chi connectivity index (χ0v) is 19.7. The Balaban J connectivity index is 1.56. The molecule has 0 radical (unpaired) electrons. The minimum Gasteiger partial charge on any atom is -0.508 e. The lowest BCUT2D eigenvalue weighted by Gasteiger charge is -2.69. The fraction of sp³-hybridized carbons (Fsp3) is 0.778. The van der Waals surface area contributed by atoms with Crippen LogP contribution in [0.4, 0.5) is 0 Å². The lowest BCUT2D eigenvalue weighted by Crippen LogP contribution is -2.66. The van der Waals surface area contributed by atoms with E-state index < -0.39 is 0 Å². The van der Waals surface area contributed by atoms with Crippen molar-refractivity contribution in [3.05, 3.63) is 23.3 Å². The third-order valence-corrected chi connectivity index (χ3v) is 10.6. The summed E-state index contributed by atoms with van der Waals surface area (Å²) < 4.78 is 6.80. The molecule has 1 aromatic carbocycles. The molecule has 7 atom stereocenters. The molecule has 1 unspecified atom stereocenters. The van der Waals surface area contributed by atoms with Gasteiger partial charge >= 0.3 is 0 Å². The monoisotopic (exact) mass is 412 g/mol. The highest BCUT2D eigenvalue weighted by molar-refractivity contribution is 5.48. The minimum absolute atomic E-state index is 0.00630. The molecule has 0 aromatic heterocycles. The average molecular weight is 413 g/mol. The maximum absolute atomic E-state index is 10.8. The van der Waals surface area contributed by atoms with E-state index in [9.17, 15) is 10.2 Å².